The van der Waals surface area contributed by atoms with Crippen molar-refractivity contribution in [3.05, 3.63) is 36.5 Å². The number of hydrogen-bond donors (Lipinski definition) is 2. The molecule has 1 aliphatic rings. The van der Waals surface area contributed by atoms with Crippen LogP contribution in [-0.4, -0.2) is 40.8 Å². The number of aromatic nitrogens is 3. The van der Waals surface area contributed by atoms with Gasteiger partial charge in [-0.3, -0.25) is 4.98 Å². The van der Waals surface area contributed by atoms with Crippen LogP contribution >= 0.6 is 0 Å². The molecular weight excluding hydrogens is 228 g/mol. The Kier molecular flexibility index (Phi) is 3.34. The minimum absolute atomic E-state index is 0.353. The fourth-order valence-corrected chi connectivity index (χ4v) is 2.12. The Morgan fingerprint density at radius 3 is 3.17 bits per heavy atom. The molecule has 1 aliphatic heterocycles. The third-order valence-electron chi connectivity index (χ3n) is 3.04. The molecule has 0 spiro atoms. The minimum atomic E-state index is 0.353. The van der Waals surface area contributed by atoms with E-state index in [0.29, 0.717) is 6.04 Å². The Labute approximate surface area is 106 Å². The Bertz CT molecular complexity index is 491. The van der Waals surface area contributed by atoms with Crippen LogP contribution in [0.5, 0.6) is 0 Å². The lowest BCUT2D eigenvalue weighted by Gasteiger charge is -2.22. The monoisotopic (exact) mass is 244 g/mol. The number of nitrogens with one attached hydrogen (secondary N) is 2. The van der Waals surface area contributed by atoms with Gasteiger partial charge in [-0.1, -0.05) is 0 Å². The molecule has 0 radical (unpaired) electrons. The zero-order chi connectivity index (χ0) is 12.2. The van der Waals surface area contributed by atoms with Crippen LogP contribution in [-0.2, 0) is 11.2 Å². The van der Waals surface area contributed by atoms with Crippen molar-refractivity contribution in [2.75, 3.05) is 19.8 Å². The summed E-state index contributed by atoms with van der Waals surface area (Å²) in [5, 5.41) is 3.42. The summed E-state index contributed by atoms with van der Waals surface area (Å²) in [5.41, 5.74) is 2.07. The van der Waals surface area contributed by atoms with Crippen LogP contribution in [0.3, 0.4) is 0 Å². The molecule has 18 heavy (non-hydrogen) atoms. The van der Waals surface area contributed by atoms with E-state index in [2.05, 4.69) is 20.3 Å². The van der Waals surface area contributed by atoms with E-state index >= 15 is 0 Å². The van der Waals surface area contributed by atoms with Gasteiger partial charge in [0.1, 0.15) is 5.82 Å². The van der Waals surface area contributed by atoms with E-state index in [9.17, 15) is 0 Å². The van der Waals surface area contributed by atoms with Crippen molar-refractivity contribution in [2.45, 2.75) is 12.5 Å². The van der Waals surface area contributed by atoms with Gasteiger partial charge in [-0.2, -0.15) is 0 Å². The van der Waals surface area contributed by atoms with E-state index in [0.717, 1.165) is 43.3 Å². The van der Waals surface area contributed by atoms with Gasteiger partial charge >= 0.3 is 0 Å². The van der Waals surface area contributed by atoms with Crippen molar-refractivity contribution in [2.24, 2.45) is 0 Å². The van der Waals surface area contributed by atoms with Crippen LogP contribution < -0.4 is 5.32 Å². The average Bonchev–Trinajstić information content (AvgIpc) is 2.89. The van der Waals surface area contributed by atoms with Crippen LogP contribution in [0.2, 0.25) is 0 Å². The van der Waals surface area contributed by atoms with Crippen LogP contribution in [0.15, 0.2) is 30.7 Å². The number of rotatable bonds is 3. The first-order valence-corrected chi connectivity index (χ1v) is 6.17. The molecule has 1 atom stereocenters. The zero-order valence-electron chi connectivity index (χ0n) is 10.1. The maximum absolute atomic E-state index is 5.43. The molecule has 3 rings (SSSR count). The van der Waals surface area contributed by atoms with Crippen molar-refractivity contribution in [1.29, 1.82) is 0 Å². The lowest BCUT2D eigenvalue weighted by molar-refractivity contribution is 0.0764. The van der Waals surface area contributed by atoms with Gasteiger partial charge in [0.25, 0.3) is 0 Å². The van der Waals surface area contributed by atoms with E-state index in [1.165, 1.54) is 0 Å². The Balaban J connectivity index is 1.69. The molecule has 2 aromatic heterocycles. The molecule has 2 N–H and O–H groups in total. The molecule has 0 bridgehead atoms. The van der Waals surface area contributed by atoms with E-state index in [4.69, 9.17) is 4.74 Å². The predicted octanol–water partition coefficient (Wildman–Crippen LogP) is 1.00. The molecule has 1 fully saturated rings. The molecular formula is C13H16N4O. The first kappa shape index (κ1) is 11.4. The van der Waals surface area contributed by atoms with Gasteiger partial charge < -0.3 is 15.0 Å². The summed E-state index contributed by atoms with van der Waals surface area (Å²) in [6.07, 6.45) is 6.32. The normalized spacial score (nSPS) is 19.9. The number of pyridine rings is 1. The smallest absolute Gasteiger partial charge is 0.108 e. The molecule has 0 aliphatic carbocycles. The predicted molar refractivity (Wildman–Crippen MR) is 68.1 cm³/mol. The van der Waals surface area contributed by atoms with Gasteiger partial charge in [0.15, 0.2) is 0 Å². The SMILES string of the molecule is c1cncc(-c2cnc(CC3COCCN3)[nH]2)c1. The molecule has 2 aromatic rings. The van der Waals surface area contributed by atoms with Crippen molar-refractivity contribution in [3.8, 4) is 11.3 Å². The van der Waals surface area contributed by atoms with Crippen molar-refractivity contribution in [3.63, 3.8) is 0 Å². The molecule has 0 amide bonds. The molecule has 1 unspecified atom stereocenters. The number of morpholine rings is 1. The van der Waals surface area contributed by atoms with Crippen molar-refractivity contribution < 1.29 is 4.74 Å². The van der Waals surface area contributed by atoms with Crippen LogP contribution in [0.1, 0.15) is 5.82 Å². The molecule has 1 saturated heterocycles. The van der Waals surface area contributed by atoms with Gasteiger partial charge in [0.2, 0.25) is 0 Å². The lowest BCUT2D eigenvalue weighted by Crippen LogP contribution is -2.42. The molecule has 94 valence electrons. The second-order valence-corrected chi connectivity index (χ2v) is 4.42. The van der Waals surface area contributed by atoms with E-state index in [-0.39, 0.29) is 0 Å². The number of aromatic amines is 1. The highest BCUT2D eigenvalue weighted by Crippen LogP contribution is 2.15. The largest absolute Gasteiger partial charge is 0.379 e. The third-order valence-corrected chi connectivity index (χ3v) is 3.04. The fraction of sp³-hybridized carbons (Fsp3) is 0.385. The quantitative estimate of drug-likeness (QED) is 0.845. The number of hydrogen-bond acceptors (Lipinski definition) is 4. The summed E-state index contributed by atoms with van der Waals surface area (Å²) in [6, 6.07) is 4.30. The fourth-order valence-electron chi connectivity index (χ4n) is 2.12. The van der Waals surface area contributed by atoms with E-state index in [1.54, 1.807) is 6.20 Å². The van der Waals surface area contributed by atoms with Gasteiger partial charge in [0, 0.05) is 37.0 Å². The molecule has 5 heteroatoms. The number of nitrogens with zero attached hydrogens (tertiary/aromatic N) is 2. The first-order valence-electron chi connectivity index (χ1n) is 6.17. The summed E-state index contributed by atoms with van der Waals surface area (Å²) in [6.45, 7) is 2.47. The first-order chi connectivity index (χ1) is 8.92. The summed E-state index contributed by atoms with van der Waals surface area (Å²) in [7, 11) is 0. The van der Waals surface area contributed by atoms with Crippen molar-refractivity contribution in [1.82, 2.24) is 20.3 Å². The molecule has 5 nitrogen and oxygen atoms in total. The van der Waals surface area contributed by atoms with Crippen LogP contribution in [0.4, 0.5) is 0 Å². The summed E-state index contributed by atoms with van der Waals surface area (Å²) in [5.74, 6) is 0.983. The number of imidazole rings is 1. The van der Waals surface area contributed by atoms with E-state index < -0.39 is 0 Å². The minimum Gasteiger partial charge on any atom is -0.379 e. The maximum atomic E-state index is 5.43. The van der Waals surface area contributed by atoms with Gasteiger partial charge in [0.05, 0.1) is 25.1 Å². The third kappa shape index (κ3) is 2.57. The zero-order valence-corrected chi connectivity index (χ0v) is 10.1. The summed E-state index contributed by atoms with van der Waals surface area (Å²) >= 11 is 0. The van der Waals surface area contributed by atoms with Crippen LogP contribution in [0, 0.1) is 0 Å². The average molecular weight is 244 g/mol. The highest BCUT2D eigenvalue weighted by Gasteiger charge is 2.15. The van der Waals surface area contributed by atoms with Gasteiger partial charge in [-0.15, -0.1) is 0 Å². The van der Waals surface area contributed by atoms with Gasteiger partial charge in [-0.25, -0.2) is 4.98 Å². The van der Waals surface area contributed by atoms with Crippen molar-refractivity contribution >= 4 is 0 Å². The maximum Gasteiger partial charge on any atom is 0.108 e. The van der Waals surface area contributed by atoms with Crippen LogP contribution in [0.25, 0.3) is 11.3 Å². The molecule has 3 heterocycles. The van der Waals surface area contributed by atoms with E-state index in [1.807, 2.05) is 24.5 Å². The Hall–Kier alpha value is -1.72. The highest BCUT2D eigenvalue weighted by molar-refractivity contribution is 5.56. The summed E-state index contributed by atoms with van der Waals surface area (Å²) < 4.78 is 5.43. The second-order valence-electron chi connectivity index (χ2n) is 4.42. The highest BCUT2D eigenvalue weighted by atomic mass is 16.5. The standard InChI is InChI=1S/C13H16N4O/c1-2-10(7-14-3-1)12-8-16-13(17-12)6-11-9-18-5-4-15-11/h1-3,7-8,11,15H,4-6,9H2,(H,16,17). The summed E-state index contributed by atoms with van der Waals surface area (Å²) in [4.78, 5) is 11.8. The molecule has 0 saturated carbocycles. The molecule has 0 aromatic carbocycles. The topological polar surface area (TPSA) is 62.8 Å². The second kappa shape index (κ2) is 5.29. The Morgan fingerprint density at radius 2 is 2.39 bits per heavy atom. The Morgan fingerprint density at radius 1 is 1.39 bits per heavy atom. The number of H-pyrrole nitrogens is 1. The lowest BCUT2D eigenvalue weighted by atomic mass is 10.2. The van der Waals surface area contributed by atoms with Gasteiger partial charge in [-0.05, 0) is 12.1 Å². The number of ether oxygens (including phenoxy) is 1.